The Morgan fingerprint density at radius 3 is 2.63 bits per heavy atom. The van der Waals surface area contributed by atoms with Gasteiger partial charge in [0.05, 0.1) is 5.56 Å². The van der Waals surface area contributed by atoms with Crippen molar-refractivity contribution in [2.24, 2.45) is 11.7 Å². The number of carboxylic acid groups (broad SMARTS) is 1. The van der Waals surface area contributed by atoms with Crippen LogP contribution in [0.1, 0.15) is 36.2 Å². The van der Waals surface area contributed by atoms with E-state index in [2.05, 4.69) is 5.32 Å². The molecule has 5 nitrogen and oxygen atoms in total. The predicted octanol–water partition coefficient (Wildman–Crippen LogP) is 1.37. The van der Waals surface area contributed by atoms with Crippen LogP contribution >= 0.6 is 0 Å². The maximum Gasteiger partial charge on any atom is 0.335 e. The van der Waals surface area contributed by atoms with Crippen LogP contribution in [0.4, 0.5) is 0 Å². The van der Waals surface area contributed by atoms with E-state index in [1.54, 1.807) is 18.2 Å². The van der Waals surface area contributed by atoms with Gasteiger partial charge in [0.1, 0.15) is 0 Å². The molecule has 0 aromatic heterocycles. The standard InChI is InChI=1S/C14H20N2O3/c1-9(2)12(15)7-13(17)16-8-10-4-3-5-11(6-10)14(18)19/h3-6,9,12H,7-8,15H2,1-2H3,(H,16,17)(H,18,19). The van der Waals surface area contributed by atoms with Crippen LogP contribution in [0.5, 0.6) is 0 Å². The molecule has 0 bridgehead atoms. The van der Waals surface area contributed by atoms with Gasteiger partial charge in [0.25, 0.3) is 0 Å². The van der Waals surface area contributed by atoms with Crippen molar-refractivity contribution in [2.45, 2.75) is 32.9 Å². The fraction of sp³-hybridized carbons (Fsp3) is 0.429. The van der Waals surface area contributed by atoms with Crippen molar-refractivity contribution < 1.29 is 14.7 Å². The van der Waals surface area contributed by atoms with E-state index in [1.807, 2.05) is 13.8 Å². The topological polar surface area (TPSA) is 92.4 Å². The quantitative estimate of drug-likeness (QED) is 0.723. The molecule has 4 N–H and O–H groups in total. The molecule has 1 aromatic rings. The maximum atomic E-state index is 11.6. The molecule has 0 aliphatic heterocycles. The van der Waals surface area contributed by atoms with Crippen LogP contribution in [-0.4, -0.2) is 23.0 Å². The SMILES string of the molecule is CC(C)C(N)CC(=O)NCc1cccc(C(=O)O)c1. The summed E-state index contributed by atoms with van der Waals surface area (Å²) in [5.41, 5.74) is 6.78. The van der Waals surface area contributed by atoms with Gasteiger partial charge >= 0.3 is 5.97 Å². The Morgan fingerprint density at radius 1 is 1.37 bits per heavy atom. The molecule has 0 fully saturated rings. The molecule has 0 spiro atoms. The Hall–Kier alpha value is -1.88. The first-order valence-electron chi connectivity index (χ1n) is 6.24. The maximum absolute atomic E-state index is 11.6. The Bertz CT molecular complexity index is 458. The van der Waals surface area contributed by atoms with Gasteiger partial charge in [-0.3, -0.25) is 4.79 Å². The first-order valence-corrected chi connectivity index (χ1v) is 6.24. The van der Waals surface area contributed by atoms with Crippen LogP contribution in [-0.2, 0) is 11.3 Å². The third kappa shape index (κ3) is 5.09. The molecule has 0 saturated carbocycles. The summed E-state index contributed by atoms with van der Waals surface area (Å²) in [6, 6.07) is 6.33. The normalized spacial score (nSPS) is 12.2. The van der Waals surface area contributed by atoms with Crippen LogP contribution in [0.3, 0.4) is 0 Å². The van der Waals surface area contributed by atoms with Crippen LogP contribution in [0, 0.1) is 5.92 Å². The second-order valence-corrected chi connectivity index (χ2v) is 4.89. The molecule has 0 radical (unpaired) electrons. The van der Waals surface area contributed by atoms with Gasteiger partial charge < -0.3 is 16.2 Å². The molecule has 1 amide bonds. The van der Waals surface area contributed by atoms with E-state index in [9.17, 15) is 9.59 Å². The van der Waals surface area contributed by atoms with Crippen molar-refractivity contribution in [1.29, 1.82) is 0 Å². The minimum Gasteiger partial charge on any atom is -0.478 e. The van der Waals surface area contributed by atoms with Gasteiger partial charge in [0, 0.05) is 19.0 Å². The first-order chi connectivity index (χ1) is 8.90. The fourth-order valence-electron chi connectivity index (χ4n) is 1.54. The van der Waals surface area contributed by atoms with E-state index in [4.69, 9.17) is 10.8 Å². The molecule has 0 saturated heterocycles. The van der Waals surface area contributed by atoms with Crippen LogP contribution in [0.15, 0.2) is 24.3 Å². The molecule has 1 aromatic carbocycles. The average molecular weight is 264 g/mol. The number of rotatable bonds is 6. The van der Waals surface area contributed by atoms with Gasteiger partial charge in [0.15, 0.2) is 0 Å². The highest BCUT2D eigenvalue weighted by Crippen LogP contribution is 2.06. The number of amides is 1. The van der Waals surface area contributed by atoms with Crippen molar-refractivity contribution >= 4 is 11.9 Å². The van der Waals surface area contributed by atoms with E-state index < -0.39 is 5.97 Å². The van der Waals surface area contributed by atoms with Gasteiger partial charge in [-0.25, -0.2) is 4.79 Å². The molecule has 1 rings (SSSR count). The van der Waals surface area contributed by atoms with Crippen molar-refractivity contribution in [3.8, 4) is 0 Å². The minimum absolute atomic E-state index is 0.123. The van der Waals surface area contributed by atoms with Crippen LogP contribution < -0.4 is 11.1 Å². The highest BCUT2D eigenvalue weighted by molar-refractivity contribution is 5.87. The summed E-state index contributed by atoms with van der Waals surface area (Å²) in [6.45, 7) is 4.24. The lowest BCUT2D eigenvalue weighted by molar-refractivity contribution is -0.121. The highest BCUT2D eigenvalue weighted by atomic mass is 16.4. The number of hydrogen-bond donors (Lipinski definition) is 3. The Balaban J connectivity index is 2.50. The van der Waals surface area contributed by atoms with Gasteiger partial charge in [-0.1, -0.05) is 26.0 Å². The Kier molecular flexibility index (Phi) is 5.51. The van der Waals surface area contributed by atoms with E-state index >= 15 is 0 Å². The number of nitrogens with two attached hydrogens (primary N) is 1. The number of carbonyl (C=O) groups is 2. The summed E-state index contributed by atoms with van der Waals surface area (Å²) in [5, 5.41) is 11.6. The number of aromatic carboxylic acids is 1. The molecule has 0 heterocycles. The number of carbonyl (C=O) groups excluding carboxylic acids is 1. The molecular weight excluding hydrogens is 244 g/mol. The van der Waals surface area contributed by atoms with Gasteiger partial charge in [0.2, 0.25) is 5.91 Å². The molecule has 0 aliphatic carbocycles. The summed E-state index contributed by atoms with van der Waals surface area (Å²) in [6.07, 6.45) is 0.274. The zero-order valence-corrected chi connectivity index (χ0v) is 11.2. The largest absolute Gasteiger partial charge is 0.478 e. The van der Waals surface area contributed by atoms with Crippen molar-refractivity contribution in [2.75, 3.05) is 0 Å². The van der Waals surface area contributed by atoms with Crippen molar-refractivity contribution in [1.82, 2.24) is 5.32 Å². The smallest absolute Gasteiger partial charge is 0.335 e. The van der Waals surface area contributed by atoms with Crippen molar-refractivity contribution in [3.63, 3.8) is 0 Å². The summed E-state index contributed by atoms with van der Waals surface area (Å²) in [7, 11) is 0. The zero-order valence-electron chi connectivity index (χ0n) is 11.2. The van der Waals surface area contributed by atoms with Crippen LogP contribution in [0.2, 0.25) is 0 Å². The predicted molar refractivity (Wildman–Crippen MR) is 72.7 cm³/mol. The molecule has 104 valence electrons. The lowest BCUT2D eigenvalue weighted by atomic mass is 10.0. The minimum atomic E-state index is -0.977. The van der Waals surface area contributed by atoms with E-state index in [1.165, 1.54) is 6.07 Å². The average Bonchev–Trinajstić information content (AvgIpc) is 2.36. The van der Waals surface area contributed by atoms with E-state index in [-0.39, 0.29) is 29.9 Å². The van der Waals surface area contributed by atoms with Crippen molar-refractivity contribution in [3.05, 3.63) is 35.4 Å². The third-order valence-corrected chi connectivity index (χ3v) is 2.94. The molecule has 1 atom stereocenters. The highest BCUT2D eigenvalue weighted by Gasteiger charge is 2.12. The molecule has 1 unspecified atom stereocenters. The van der Waals surface area contributed by atoms with Gasteiger partial charge in [-0.05, 0) is 23.6 Å². The second-order valence-electron chi connectivity index (χ2n) is 4.89. The lowest BCUT2D eigenvalue weighted by Gasteiger charge is -2.15. The first kappa shape index (κ1) is 15.2. The third-order valence-electron chi connectivity index (χ3n) is 2.94. The summed E-state index contributed by atoms with van der Waals surface area (Å²) >= 11 is 0. The van der Waals surface area contributed by atoms with E-state index in [0.717, 1.165) is 5.56 Å². The van der Waals surface area contributed by atoms with Gasteiger partial charge in [-0.2, -0.15) is 0 Å². The number of nitrogens with one attached hydrogen (secondary N) is 1. The summed E-state index contributed by atoms with van der Waals surface area (Å²) < 4.78 is 0. The lowest BCUT2D eigenvalue weighted by Crippen LogP contribution is -2.34. The molecule has 19 heavy (non-hydrogen) atoms. The number of carboxylic acids is 1. The fourth-order valence-corrected chi connectivity index (χ4v) is 1.54. The number of benzene rings is 1. The monoisotopic (exact) mass is 264 g/mol. The van der Waals surface area contributed by atoms with Gasteiger partial charge in [-0.15, -0.1) is 0 Å². The zero-order chi connectivity index (χ0) is 14.4. The molecule has 5 heteroatoms. The molecular formula is C14H20N2O3. The Morgan fingerprint density at radius 2 is 2.05 bits per heavy atom. The second kappa shape index (κ2) is 6.89. The Labute approximate surface area is 112 Å². The summed E-state index contributed by atoms with van der Waals surface area (Å²) in [4.78, 5) is 22.5. The van der Waals surface area contributed by atoms with Crippen LogP contribution in [0.25, 0.3) is 0 Å². The number of hydrogen-bond acceptors (Lipinski definition) is 3. The molecule has 0 aliphatic rings. The van der Waals surface area contributed by atoms with E-state index in [0.29, 0.717) is 6.54 Å². The summed E-state index contributed by atoms with van der Waals surface area (Å²) in [5.74, 6) is -0.849.